The van der Waals surface area contributed by atoms with Gasteiger partial charge in [-0.1, -0.05) is 20.8 Å². The van der Waals surface area contributed by atoms with E-state index in [1.54, 1.807) is 12.3 Å². The van der Waals surface area contributed by atoms with Crippen molar-refractivity contribution in [1.82, 2.24) is 4.98 Å². The van der Waals surface area contributed by atoms with Crippen molar-refractivity contribution >= 4 is 5.82 Å². The number of hydrogen-bond donors (Lipinski definition) is 0. The second-order valence-corrected chi connectivity index (χ2v) is 4.93. The summed E-state index contributed by atoms with van der Waals surface area (Å²) in [6, 6.07) is 5.73. The molecule has 0 saturated carbocycles. The maximum Gasteiger partial charge on any atom is 0.128 e. The van der Waals surface area contributed by atoms with E-state index in [0.29, 0.717) is 5.56 Å². The van der Waals surface area contributed by atoms with Gasteiger partial charge < -0.3 is 4.90 Å². The molecule has 0 fully saturated rings. The van der Waals surface area contributed by atoms with Crippen molar-refractivity contribution in [1.29, 1.82) is 5.26 Å². The Kier molecular flexibility index (Phi) is 3.31. The van der Waals surface area contributed by atoms with E-state index in [9.17, 15) is 0 Å². The fraction of sp³-hybridized carbons (Fsp3) is 0.500. The Hall–Kier alpha value is -1.56. The summed E-state index contributed by atoms with van der Waals surface area (Å²) in [6.45, 7) is 7.50. The van der Waals surface area contributed by atoms with Crippen LogP contribution in [0.15, 0.2) is 18.3 Å². The molecule has 0 N–H and O–H groups in total. The Morgan fingerprint density at radius 2 is 2.07 bits per heavy atom. The summed E-state index contributed by atoms with van der Waals surface area (Å²) in [7, 11) is 2.01. The van der Waals surface area contributed by atoms with Gasteiger partial charge in [-0.05, 0) is 17.5 Å². The molecule has 15 heavy (non-hydrogen) atoms. The summed E-state index contributed by atoms with van der Waals surface area (Å²) in [5, 5.41) is 8.65. The highest BCUT2D eigenvalue weighted by atomic mass is 15.2. The molecule has 3 heteroatoms. The molecule has 0 unspecified atom stereocenters. The molecular weight excluding hydrogens is 186 g/mol. The first-order valence-corrected chi connectivity index (χ1v) is 5.00. The second-order valence-electron chi connectivity index (χ2n) is 4.93. The van der Waals surface area contributed by atoms with Crippen LogP contribution in [0.2, 0.25) is 0 Å². The van der Waals surface area contributed by atoms with E-state index in [-0.39, 0.29) is 5.41 Å². The van der Waals surface area contributed by atoms with Gasteiger partial charge in [-0.15, -0.1) is 0 Å². The van der Waals surface area contributed by atoms with Crippen LogP contribution >= 0.6 is 0 Å². The standard InChI is InChI=1S/C12H17N3/c1-12(2,3)9-15(4)11-6-5-10(7-13)8-14-11/h5-6,8H,9H2,1-4H3. The van der Waals surface area contributed by atoms with E-state index in [1.165, 1.54) is 0 Å². The number of pyridine rings is 1. The maximum atomic E-state index is 8.65. The summed E-state index contributed by atoms with van der Waals surface area (Å²) < 4.78 is 0. The quantitative estimate of drug-likeness (QED) is 0.741. The number of nitrogens with zero attached hydrogens (tertiary/aromatic N) is 3. The number of nitriles is 1. The maximum absolute atomic E-state index is 8.65. The van der Waals surface area contributed by atoms with Gasteiger partial charge in [0.05, 0.1) is 5.56 Å². The van der Waals surface area contributed by atoms with Crippen molar-refractivity contribution in [3.8, 4) is 6.07 Å². The molecule has 0 atom stereocenters. The minimum Gasteiger partial charge on any atom is -0.359 e. The second kappa shape index (κ2) is 4.31. The number of rotatable bonds is 2. The SMILES string of the molecule is CN(CC(C)(C)C)c1ccc(C#N)cn1. The predicted octanol–water partition coefficient (Wildman–Crippen LogP) is 2.44. The van der Waals surface area contributed by atoms with Crippen molar-refractivity contribution in [2.24, 2.45) is 5.41 Å². The first kappa shape index (κ1) is 11.5. The highest BCUT2D eigenvalue weighted by Gasteiger charge is 2.14. The van der Waals surface area contributed by atoms with Gasteiger partial charge in [-0.2, -0.15) is 5.26 Å². The number of hydrogen-bond acceptors (Lipinski definition) is 3. The van der Waals surface area contributed by atoms with Gasteiger partial charge >= 0.3 is 0 Å². The Labute approximate surface area is 91.4 Å². The van der Waals surface area contributed by atoms with Gasteiger partial charge in [-0.3, -0.25) is 0 Å². The summed E-state index contributed by atoms with van der Waals surface area (Å²) in [6.07, 6.45) is 1.61. The van der Waals surface area contributed by atoms with E-state index in [2.05, 4.69) is 36.7 Å². The van der Waals surface area contributed by atoms with Crippen LogP contribution in [-0.4, -0.2) is 18.6 Å². The Morgan fingerprint density at radius 1 is 1.40 bits per heavy atom. The molecule has 80 valence electrons. The lowest BCUT2D eigenvalue weighted by molar-refractivity contribution is 0.418. The fourth-order valence-electron chi connectivity index (χ4n) is 1.47. The van der Waals surface area contributed by atoms with Crippen LogP contribution in [0.25, 0.3) is 0 Å². The molecule has 1 aromatic heterocycles. The topological polar surface area (TPSA) is 39.9 Å². The molecule has 0 saturated heterocycles. The van der Waals surface area contributed by atoms with Crippen molar-refractivity contribution in [2.75, 3.05) is 18.5 Å². The Bertz CT molecular complexity index is 354. The largest absolute Gasteiger partial charge is 0.359 e. The van der Waals surface area contributed by atoms with Crippen LogP contribution in [-0.2, 0) is 0 Å². The van der Waals surface area contributed by atoms with E-state index in [1.807, 2.05) is 13.1 Å². The van der Waals surface area contributed by atoms with E-state index >= 15 is 0 Å². The van der Waals surface area contributed by atoms with Gasteiger partial charge in [0.2, 0.25) is 0 Å². The molecule has 3 nitrogen and oxygen atoms in total. The van der Waals surface area contributed by atoms with Gasteiger partial charge in [0.25, 0.3) is 0 Å². The Morgan fingerprint density at radius 3 is 2.47 bits per heavy atom. The lowest BCUT2D eigenvalue weighted by atomic mass is 9.96. The average Bonchev–Trinajstić information content (AvgIpc) is 2.15. The van der Waals surface area contributed by atoms with Gasteiger partial charge in [0, 0.05) is 19.8 Å². The van der Waals surface area contributed by atoms with E-state index in [4.69, 9.17) is 5.26 Å². The fourth-order valence-corrected chi connectivity index (χ4v) is 1.47. The van der Waals surface area contributed by atoms with E-state index in [0.717, 1.165) is 12.4 Å². The molecule has 0 spiro atoms. The van der Waals surface area contributed by atoms with E-state index < -0.39 is 0 Å². The molecule has 1 heterocycles. The highest BCUT2D eigenvalue weighted by molar-refractivity contribution is 5.41. The van der Waals surface area contributed by atoms with Gasteiger partial charge in [0.15, 0.2) is 0 Å². The molecule has 1 aromatic rings. The summed E-state index contributed by atoms with van der Waals surface area (Å²) in [5.74, 6) is 0.906. The van der Waals surface area contributed by atoms with Crippen LogP contribution in [0.3, 0.4) is 0 Å². The van der Waals surface area contributed by atoms with Crippen molar-refractivity contribution in [3.05, 3.63) is 23.9 Å². The molecule has 0 aliphatic rings. The zero-order valence-corrected chi connectivity index (χ0v) is 9.78. The minimum absolute atomic E-state index is 0.240. The third-order valence-corrected chi connectivity index (χ3v) is 1.98. The molecule has 0 aromatic carbocycles. The normalized spacial score (nSPS) is 10.9. The van der Waals surface area contributed by atoms with Crippen LogP contribution < -0.4 is 4.90 Å². The summed E-state index contributed by atoms with van der Waals surface area (Å²) in [5.41, 5.74) is 0.840. The zero-order chi connectivity index (χ0) is 11.5. The highest BCUT2D eigenvalue weighted by Crippen LogP contribution is 2.18. The predicted molar refractivity (Wildman–Crippen MR) is 61.7 cm³/mol. The summed E-state index contributed by atoms with van der Waals surface area (Å²) >= 11 is 0. The van der Waals surface area contributed by atoms with Crippen LogP contribution in [0.4, 0.5) is 5.82 Å². The first-order chi connectivity index (χ1) is 6.92. The molecule has 0 amide bonds. The number of aromatic nitrogens is 1. The van der Waals surface area contributed by atoms with Crippen molar-refractivity contribution < 1.29 is 0 Å². The van der Waals surface area contributed by atoms with Crippen molar-refractivity contribution in [3.63, 3.8) is 0 Å². The molecule has 0 radical (unpaired) electrons. The van der Waals surface area contributed by atoms with Crippen molar-refractivity contribution in [2.45, 2.75) is 20.8 Å². The number of anilines is 1. The molecule has 0 bridgehead atoms. The van der Waals surface area contributed by atoms with Gasteiger partial charge in [-0.25, -0.2) is 4.98 Å². The minimum atomic E-state index is 0.240. The van der Waals surface area contributed by atoms with Crippen LogP contribution in [0.1, 0.15) is 26.3 Å². The molecule has 1 rings (SSSR count). The molecule has 0 aliphatic heterocycles. The molecule has 0 aliphatic carbocycles. The summed E-state index contributed by atoms with van der Waals surface area (Å²) in [4.78, 5) is 6.34. The lowest BCUT2D eigenvalue weighted by Gasteiger charge is -2.27. The smallest absolute Gasteiger partial charge is 0.128 e. The third-order valence-electron chi connectivity index (χ3n) is 1.98. The van der Waals surface area contributed by atoms with Crippen LogP contribution in [0, 0.1) is 16.7 Å². The lowest BCUT2D eigenvalue weighted by Crippen LogP contribution is -2.29. The zero-order valence-electron chi connectivity index (χ0n) is 9.78. The van der Waals surface area contributed by atoms with Gasteiger partial charge in [0.1, 0.15) is 11.9 Å². The monoisotopic (exact) mass is 203 g/mol. The third kappa shape index (κ3) is 3.59. The average molecular weight is 203 g/mol. The first-order valence-electron chi connectivity index (χ1n) is 5.00. The Balaban J connectivity index is 2.75. The van der Waals surface area contributed by atoms with Crippen LogP contribution in [0.5, 0.6) is 0 Å². The molecular formula is C12H17N3.